The highest BCUT2D eigenvalue weighted by molar-refractivity contribution is 8.00. The molecule has 15 heteroatoms. The second-order valence-electron chi connectivity index (χ2n) is 12.9. The zero-order chi connectivity index (χ0) is 36.9. The van der Waals surface area contributed by atoms with Gasteiger partial charge in [-0.05, 0) is 51.3 Å². The standard InChI is InChI=1S/C36H37N5O8S2/c1-7-21-18-50-31-26(30(44)41(31)27(21)32(45)47-28(22-14-10-8-11-15-22)23-16-12-9-13-17-23)39-29(43)25(24-19-51-34(38-24)37-20-42)40-49-36(5,6)33(46)48-35(2,3)4/h7-17,19-20,26,28,31H,1,18H2,2-6H3,(H,39,43)(H,37,38,42)/t26?,31-/m0/s1. The third kappa shape index (κ3) is 8.37. The van der Waals surface area contributed by atoms with Crippen molar-refractivity contribution in [2.24, 2.45) is 5.16 Å². The van der Waals surface area contributed by atoms with E-state index in [1.165, 1.54) is 42.0 Å². The van der Waals surface area contributed by atoms with Crippen LogP contribution < -0.4 is 10.6 Å². The van der Waals surface area contributed by atoms with Crippen molar-refractivity contribution in [1.82, 2.24) is 15.2 Å². The molecule has 0 spiro atoms. The zero-order valence-corrected chi connectivity index (χ0v) is 30.2. The van der Waals surface area contributed by atoms with Crippen molar-refractivity contribution in [3.05, 3.63) is 107 Å². The van der Waals surface area contributed by atoms with Crippen LogP contribution in [0.4, 0.5) is 5.13 Å². The number of hydrogen-bond acceptors (Lipinski definition) is 12. The number of carbonyl (C=O) groups excluding carboxylic acids is 5. The van der Waals surface area contributed by atoms with Crippen LogP contribution in [-0.4, -0.2) is 74.1 Å². The first kappa shape index (κ1) is 37.0. The number of ether oxygens (including phenoxy) is 2. The number of esters is 2. The van der Waals surface area contributed by atoms with Crippen LogP contribution in [0.5, 0.6) is 0 Å². The highest BCUT2D eigenvalue weighted by Crippen LogP contribution is 2.42. The lowest BCUT2D eigenvalue weighted by Crippen LogP contribution is -2.71. The number of aromatic nitrogens is 1. The molecule has 1 unspecified atom stereocenters. The van der Waals surface area contributed by atoms with Crippen molar-refractivity contribution in [3.63, 3.8) is 0 Å². The van der Waals surface area contributed by atoms with Gasteiger partial charge >= 0.3 is 11.9 Å². The predicted molar refractivity (Wildman–Crippen MR) is 192 cm³/mol. The summed E-state index contributed by atoms with van der Waals surface area (Å²) in [7, 11) is 0. The molecule has 0 radical (unpaired) electrons. The Morgan fingerprint density at radius 1 is 1.04 bits per heavy atom. The molecule has 13 nitrogen and oxygen atoms in total. The van der Waals surface area contributed by atoms with Crippen molar-refractivity contribution in [2.75, 3.05) is 11.1 Å². The number of nitrogens with zero attached hydrogens (tertiary/aromatic N) is 3. The number of thiazole rings is 1. The lowest BCUT2D eigenvalue weighted by molar-refractivity contribution is -0.179. The van der Waals surface area contributed by atoms with Crippen LogP contribution in [0, 0.1) is 0 Å². The van der Waals surface area contributed by atoms with E-state index in [2.05, 4.69) is 27.4 Å². The number of fused-ring (bicyclic) bond motifs is 1. The maximum absolute atomic E-state index is 13.9. The number of rotatable bonds is 13. The Hall–Kier alpha value is -5.28. The molecule has 2 aliphatic heterocycles. The van der Waals surface area contributed by atoms with Gasteiger partial charge in [0.25, 0.3) is 11.8 Å². The van der Waals surface area contributed by atoms with Gasteiger partial charge in [0.2, 0.25) is 12.0 Å². The van der Waals surface area contributed by atoms with E-state index in [0.717, 1.165) is 22.5 Å². The van der Waals surface area contributed by atoms with Crippen LogP contribution in [0.2, 0.25) is 0 Å². The van der Waals surface area contributed by atoms with Gasteiger partial charge in [-0.2, -0.15) is 0 Å². The monoisotopic (exact) mass is 731 g/mol. The minimum Gasteiger partial charge on any atom is -0.457 e. The number of oxime groups is 1. The van der Waals surface area contributed by atoms with Crippen molar-refractivity contribution in [3.8, 4) is 0 Å². The van der Waals surface area contributed by atoms with E-state index in [0.29, 0.717) is 17.7 Å². The summed E-state index contributed by atoms with van der Waals surface area (Å²) in [5.41, 5.74) is -0.709. The average Bonchev–Trinajstić information content (AvgIpc) is 3.56. The van der Waals surface area contributed by atoms with Crippen LogP contribution in [0.3, 0.4) is 0 Å². The molecule has 51 heavy (non-hydrogen) atoms. The maximum atomic E-state index is 13.9. The van der Waals surface area contributed by atoms with Crippen molar-refractivity contribution < 1.29 is 38.3 Å². The van der Waals surface area contributed by atoms with Gasteiger partial charge in [-0.25, -0.2) is 14.6 Å². The number of β-lactam (4-membered cyclic amide) rings is 1. The quantitative estimate of drug-likeness (QED) is 0.0826. The van der Waals surface area contributed by atoms with Crippen LogP contribution >= 0.6 is 23.1 Å². The van der Waals surface area contributed by atoms with Crippen molar-refractivity contribution >= 4 is 64.1 Å². The number of hydrogen-bond donors (Lipinski definition) is 2. The van der Waals surface area contributed by atoms with E-state index >= 15 is 0 Å². The molecule has 3 heterocycles. The third-order valence-electron chi connectivity index (χ3n) is 7.55. The van der Waals surface area contributed by atoms with Crippen molar-refractivity contribution in [2.45, 2.75) is 63.3 Å². The molecule has 2 N–H and O–H groups in total. The minimum atomic E-state index is -1.61. The first-order chi connectivity index (χ1) is 24.2. The van der Waals surface area contributed by atoms with Gasteiger partial charge in [0.15, 0.2) is 16.9 Å². The largest absolute Gasteiger partial charge is 0.457 e. The highest BCUT2D eigenvalue weighted by atomic mass is 32.2. The molecule has 0 saturated carbocycles. The molecule has 1 aromatic heterocycles. The molecule has 2 atom stereocenters. The second kappa shape index (κ2) is 15.3. The summed E-state index contributed by atoms with van der Waals surface area (Å²) < 4.78 is 11.5. The molecule has 2 aromatic carbocycles. The van der Waals surface area contributed by atoms with Gasteiger partial charge in [-0.1, -0.05) is 78.5 Å². The Labute approximate surface area is 303 Å². The molecule has 0 aliphatic carbocycles. The molecule has 266 valence electrons. The Kier molecular flexibility index (Phi) is 11.1. The molecule has 5 rings (SSSR count). The molecule has 3 amide bonds. The summed E-state index contributed by atoms with van der Waals surface area (Å²) >= 11 is 2.36. The highest BCUT2D eigenvalue weighted by Gasteiger charge is 2.55. The van der Waals surface area contributed by atoms with Gasteiger partial charge in [-0.3, -0.25) is 19.3 Å². The summed E-state index contributed by atoms with van der Waals surface area (Å²) in [4.78, 5) is 76.3. The van der Waals surface area contributed by atoms with Crippen LogP contribution in [-0.2, 0) is 38.3 Å². The van der Waals surface area contributed by atoms with E-state index in [1.54, 1.807) is 20.8 Å². The Morgan fingerprint density at radius 3 is 2.24 bits per heavy atom. The molecule has 1 saturated heterocycles. The summed E-state index contributed by atoms with van der Waals surface area (Å²) in [5, 5.41) is 10.1. The van der Waals surface area contributed by atoms with Gasteiger partial charge in [-0.15, -0.1) is 23.1 Å². The smallest absolute Gasteiger partial charge is 0.356 e. The molecule has 2 aliphatic rings. The fourth-order valence-electron chi connectivity index (χ4n) is 5.05. The summed E-state index contributed by atoms with van der Waals surface area (Å²) in [6.45, 7) is 11.8. The molecule has 1 fully saturated rings. The van der Waals surface area contributed by atoms with Gasteiger partial charge < -0.3 is 24.9 Å². The summed E-state index contributed by atoms with van der Waals surface area (Å²) in [5.74, 6) is -2.53. The number of benzene rings is 2. The first-order valence-electron chi connectivity index (χ1n) is 15.8. The topological polar surface area (TPSA) is 166 Å². The second-order valence-corrected chi connectivity index (χ2v) is 14.9. The van der Waals surface area contributed by atoms with Crippen LogP contribution in [0.25, 0.3) is 0 Å². The lowest BCUT2D eigenvalue weighted by Gasteiger charge is -2.49. The van der Waals surface area contributed by atoms with E-state index in [1.807, 2.05) is 60.7 Å². The number of allylic oxidation sites excluding steroid dienone is 1. The Morgan fingerprint density at radius 2 is 1.67 bits per heavy atom. The lowest BCUT2D eigenvalue weighted by atomic mass is 10.0. The molecule has 0 bridgehead atoms. The average molecular weight is 732 g/mol. The van der Waals surface area contributed by atoms with E-state index in [4.69, 9.17) is 14.3 Å². The zero-order valence-electron chi connectivity index (χ0n) is 28.6. The number of anilines is 1. The summed E-state index contributed by atoms with van der Waals surface area (Å²) in [6.07, 6.45) is 1.19. The third-order valence-corrected chi connectivity index (χ3v) is 9.63. The van der Waals surface area contributed by atoms with Crippen molar-refractivity contribution in [1.29, 1.82) is 0 Å². The number of thioether (sulfide) groups is 1. The Bertz CT molecular complexity index is 1850. The minimum absolute atomic E-state index is 0.0211. The molecule has 3 aromatic rings. The van der Waals surface area contributed by atoms with Gasteiger partial charge in [0, 0.05) is 11.1 Å². The summed E-state index contributed by atoms with van der Waals surface area (Å²) in [6, 6.07) is 17.5. The van der Waals surface area contributed by atoms with E-state index in [-0.39, 0.29) is 22.2 Å². The number of nitrogens with one attached hydrogen (secondary N) is 2. The number of carbonyl (C=O) groups is 5. The van der Waals surface area contributed by atoms with Crippen LogP contribution in [0.1, 0.15) is 57.5 Å². The normalized spacial score (nSPS) is 17.6. The fraction of sp³-hybridized carbons (Fsp3) is 0.306. The van der Waals surface area contributed by atoms with E-state index in [9.17, 15) is 24.0 Å². The van der Waals surface area contributed by atoms with E-state index < -0.39 is 52.5 Å². The SMILES string of the molecule is C=CC1=C(C(=O)OC(c2ccccc2)c2ccccc2)N2C(=O)C(NC(=O)C(=NOC(C)(C)C(=O)OC(C)(C)C)c3csc(NC=O)n3)[C@@H]2SC1. The first-order valence-corrected chi connectivity index (χ1v) is 17.7. The predicted octanol–water partition coefficient (Wildman–Crippen LogP) is 4.73. The maximum Gasteiger partial charge on any atom is 0.356 e. The Balaban J connectivity index is 1.38. The van der Waals surface area contributed by atoms with Crippen LogP contribution in [0.15, 0.2) is 95.1 Å². The van der Waals surface area contributed by atoms with Gasteiger partial charge in [0.1, 0.15) is 28.4 Å². The number of amides is 3. The fourth-order valence-corrected chi connectivity index (χ4v) is 7.04. The molecular formula is C36H37N5O8S2. The van der Waals surface area contributed by atoms with Gasteiger partial charge in [0.05, 0.1) is 0 Å². The molecular weight excluding hydrogens is 695 g/mol.